The molecule has 1 rings (SSSR count). The molecule has 4 heteroatoms. The van der Waals surface area contributed by atoms with Crippen LogP contribution in [0.3, 0.4) is 0 Å². The van der Waals surface area contributed by atoms with Crippen molar-refractivity contribution in [2.45, 2.75) is 6.92 Å². The molecule has 0 bridgehead atoms. The molecule has 0 unspecified atom stereocenters. The minimum absolute atomic E-state index is 0.194. The number of benzene rings is 1. The minimum Gasteiger partial charge on any atom is -0.341 e. The molecule has 0 aliphatic carbocycles. The SMILES string of the molecule is CNC(=O)Nc1cccc(C)c1F. The first-order chi connectivity index (χ1) is 6.15. The van der Waals surface area contributed by atoms with Gasteiger partial charge in [-0.05, 0) is 18.6 Å². The smallest absolute Gasteiger partial charge is 0.319 e. The number of urea groups is 1. The second kappa shape index (κ2) is 3.89. The molecule has 2 N–H and O–H groups in total. The third-order valence-electron chi connectivity index (χ3n) is 1.67. The summed E-state index contributed by atoms with van der Waals surface area (Å²) in [6, 6.07) is 4.41. The number of anilines is 1. The normalized spacial score (nSPS) is 9.46. The maximum Gasteiger partial charge on any atom is 0.319 e. The summed E-state index contributed by atoms with van der Waals surface area (Å²) in [5.74, 6) is -0.397. The van der Waals surface area contributed by atoms with Crippen LogP contribution >= 0.6 is 0 Å². The predicted octanol–water partition coefficient (Wildman–Crippen LogP) is 1.89. The molecule has 0 aromatic heterocycles. The third kappa shape index (κ3) is 2.18. The number of hydrogen-bond donors (Lipinski definition) is 2. The van der Waals surface area contributed by atoms with Crippen molar-refractivity contribution in [3.05, 3.63) is 29.6 Å². The molecular formula is C9H11FN2O. The minimum atomic E-state index is -0.426. The summed E-state index contributed by atoms with van der Waals surface area (Å²) in [6.45, 7) is 1.64. The summed E-state index contributed by atoms with van der Waals surface area (Å²) in [5.41, 5.74) is 0.702. The Hall–Kier alpha value is -1.58. The average Bonchev–Trinajstić information content (AvgIpc) is 2.13. The highest BCUT2D eigenvalue weighted by atomic mass is 19.1. The van der Waals surface area contributed by atoms with E-state index in [1.54, 1.807) is 19.1 Å². The largest absolute Gasteiger partial charge is 0.341 e. The molecule has 0 atom stereocenters. The van der Waals surface area contributed by atoms with Crippen molar-refractivity contribution in [1.29, 1.82) is 0 Å². The lowest BCUT2D eigenvalue weighted by Gasteiger charge is -2.06. The third-order valence-corrected chi connectivity index (χ3v) is 1.67. The van der Waals surface area contributed by atoms with E-state index in [1.807, 2.05) is 0 Å². The van der Waals surface area contributed by atoms with Crippen LogP contribution in [0.1, 0.15) is 5.56 Å². The first-order valence-corrected chi connectivity index (χ1v) is 3.89. The highest BCUT2D eigenvalue weighted by Gasteiger charge is 2.06. The monoisotopic (exact) mass is 182 g/mol. The van der Waals surface area contributed by atoms with Gasteiger partial charge in [0.1, 0.15) is 5.82 Å². The molecule has 1 aromatic carbocycles. The van der Waals surface area contributed by atoms with Crippen molar-refractivity contribution >= 4 is 11.7 Å². The van der Waals surface area contributed by atoms with Gasteiger partial charge in [0.15, 0.2) is 0 Å². The van der Waals surface area contributed by atoms with Gasteiger partial charge < -0.3 is 10.6 Å². The molecule has 0 radical (unpaired) electrons. The standard InChI is InChI=1S/C9H11FN2O/c1-6-4-3-5-7(8(6)10)12-9(13)11-2/h3-5H,1-2H3,(H2,11,12,13). The zero-order valence-corrected chi connectivity index (χ0v) is 7.52. The highest BCUT2D eigenvalue weighted by molar-refractivity contribution is 5.89. The van der Waals surface area contributed by atoms with Crippen LogP contribution in [0.4, 0.5) is 14.9 Å². The predicted molar refractivity (Wildman–Crippen MR) is 49.2 cm³/mol. The van der Waals surface area contributed by atoms with Crippen LogP contribution in [-0.2, 0) is 0 Å². The molecule has 0 fully saturated rings. The number of carbonyl (C=O) groups excluding carboxylic acids is 1. The first kappa shape index (κ1) is 9.51. The molecular weight excluding hydrogens is 171 g/mol. The van der Waals surface area contributed by atoms with Gasteiger partial charge in [0.2, 0.25) is 0 Å². The zero-order valence-electron chi connectivity index (χ0n) is 7.52. The van der Waals surface area contributed by atoms with E-state index in [0.29, 0.717) is 5.56 Å². The van der Waals surface area contributed by atoms with Gasteiger partial charge in [-0.25, -0.2) is 9.18 Å². The lowest BCUT2D eigenvalue weighted by molar-refractivity contribution is 0.254. The van der Waals surface area contributed by atoms with Crippen molar-refractivity contribution in [3.8, 4) is 0 Å². The van der Waals surface area contributed by atoms with Gasteiger partial charge in [-0.15, -0.1) is 0 Å². The Morgan fingerprint density at radius 1 is 1.46 bits per heavy atom. The quantitative estimate of drug-likeness (QED) is 0.684. The Bertz CT molecular complexity index is 325. The van der Waals surface area contributed by atoms with E-state index in [-0.39, 0.29) is 5.69 Å². The van der Waals surface area contributed by atoms with E-state index in [4.69, 9.17) is 0 Å². The maximum absolute atomic E-state index is 13.3. The highest BCUT2D eigenvalue weighted by Crippen LogP contribution is 2.16. The number of aryl methyl sites for hydroxylation is 1. The summed E-state index contributed by atoms with van der Waals surface area (Å²) in [6.07, 6.45) is 0. The molecule has 70 valence electrons. The van der Waals surface area contributed by atoms with Crippen LogP contribution in [0, 0.1) is 12.7 Å². The fraction of sp³-hybridized carbons (Fsp3) is 0.222. The van der Waals surface area contributed by atoms with Crippen molar-refractivity contribution in [3.63, 3.8) is 0 Å². The summed E-state index contributed by atoms with van der Waals surface area (Å²) in [7, 11) is 1.48. The molecule has 3 nitrogen and oxygen atoms in total. The molecule has 0 saturated carbocycles. The van der Waals surface area contributed by atoms with Crippen molar-refractivity contribution in [2.75, 3.05) is 12.4 Å². The number of carbonyl (C=O) groups is 1. The van der Waals surface area contributed by atoms with E-state index >= 15 is 0 Å². The maximum atomic E-state index is 13.3. The van der Waals surface area contributed by atoms with Gasteiger partial charge in [0.25, 0.3) is 0 Å². The lowest BCUT2D eigenvalue weighted by Crippen LogP contribution is -2.25. The number of hydrogen-bond acceptors (Lipinski definition) is 1. The van der Waals surface area contributed by atoms with Crippen LogP contribution in [0.5, 0.6) is 0 Å². The summed E-state index contributed by atoms with van der Waals surface area (Å²) >= 11 is 0. The Morgan fingerprint density at radius 3 is 2.77 bits per heavy atom. The Labute approximate surface area is 76.0 Å². The van der Waals surface area contributed by atoms with Crippen LogP contribution < -0.4 is 10.6 Å². The van der Waals surface area contributed by atoms with Gasteiger partial charge in [-0.3, -0.25) is 0 Å². The molecule has 2 amide bonds. The average molecular weight is 182 g/mol. The van der Waals surface area contributed by atoms with Crippen molar-refractivity contribution < 1.29 is 9.18 Å². The fourth-order valence-corrected chi connectivity index (χ4v) is 0.929. The summed E-state index contributed by atoms with van der Waals surface area (Å²) in [5, 5.41) is 4.72. The first-order valence-electron chi connectivity index (χ1n) is 3.89. The molecule has 0 aliphatic heterocycles. The van der Waals surface area contributed by atoms with E-state index in [2.05, 4.69) is 10.6 Å². The topological polar surface area (TPSA) is 41.1 Å². The second-order valence-electron chi connectivity index (χ2n) is 2.64. The van der Waals surface area contributed by atoms with Crippen molar-refractivity contribution in [2.24, 2.45) is 0 Å². The van der Waals surface area contributed by atoms with Gasteiger partial charge >= 0.3 is 6.03 Å². The van der Waals surface area contributed by atoms with E-state index in [1.165, 1.54) is 13.1 Å². The zero-order chi connectivity index (χ0) is 9.84. The lowest BCUT2D eigenvalue weighted by atomic mass is 10.2. The molecule has 0 heterocycles. The molecule has 1 aromatic rings. The molecule has 0 saturated heterocycles. The second-order valence-corrected chi connectivity index (χ2v) is 2.64. The molecule has 13 heavy (non-hydrogen) atoms. The Morgan fingerprint density at radius 2 is 2.15 bits per heavy atom. The van der Waals surface area contributed by atoms with Crippen LogP contribution in [0.25, 0.3) is 0 Å². The van der Waals surface area contributed by atoms with Crippen LogP contribution in [-0.4, -0.2) is 13.1 Å². The van der Waals surface area contributed by atoms with Crippen LogP contribution in [0.15, 0.2) is 18.2 Å². The van der Waals surface area contributed by atoms with Gasteiger partial charge in [0, 0.05) is 7.05 Å². The Balaban J connectivity index is 2.89. The van der Waals surface area contributed by atoms with Crippen molar-refractivity contribution in [1.82, 2.24) is 5.32 Å². The van der Waals surface area contributed by atoms with E-state index in [0.717, 1.165) is 0 Å². The van der Waals surface area contributed by atoms with E-state index < -0.39 is 11.8 Å². The number of halogens is 1. The number of amides is 2. The molecule has 0 aliphatic rings. The van der Waals surface area contributed by atoms with Gasteiger partial charge in [0.05, 0.1) is 5.69 Å². The Kier molecular flexibility index (Phi) is 2.84. The summed E-state index contributed by atoms with van der Waals surface area (Å²) < 4.78 is 13.3. The fourth-order valence-electron chi connectivity index (χ4n) is 0.929. The molecule has 0 spiro atoms. The van der Waals surface area contributed by atoms with Gasteiger partial charge in [-0.2, -0.15) is 0 Å². The summed E-state index contributed by atoms with van der Waals surface area (Å²) in [4.78, 5) is 10.9. The number of rotatable bonds is 1. The van der Waals surface area contributed by atoms with E-state index in [9.17, 15) is 9.18 Å². The van der Waals surface area contributed by atoms with Crippen LogP contribution in [0.2, 0.25) is 0 Å². The van der Waals surface area contributed by atoms with Gasteiger partial charge in [-0.1, -0.05) is 12.1 Å². The number of nitrogens with one attached hydrogen (secondary N) is 2.